The van der Waals surface area contributed by atoms with Crippen LogP contribution in [0.15, 0.2) is 34.7 Å². The first-order valence-corrected chi connectivity index (χ1v) is 7.06. The molecule has 2 rings (SSSR count). The van der Waals surface area contributed by atoms with Gasteiger partial charge in [0.15, 0.2) is 0 Å². The summed E-state index contributed by atoms with van der Waals surface area (Å²) in [5.41, 5.74) is 0.899. The molecule has 0 saturated heterocycles. The second kappa shape index (κ2) is 6.57. The highest BCUT2D eigenvalue weighted by molar-refractivity contribution is 5.77. The zero-order valence-electron chi connectivity index (χ0n) is 12.0. The van der Waals surface area contributed by atoms with Crippen molar-refractivity contribution in [2.45, 2.75) is 32.7 Å². The van der Waals surface area contributed by atoms with Gasteiger partial charge in [-0.15, -0.1) is 0 Å². The quantitative estimate of drug-likeness (QED) is 0.837. The summed E-state index contributed by atoms with van der Waals surface area (Å²) in [7, 11) is 0. The molecule has 108 valence electrons. The molecule has 0 aliphatic carbocycles. The molecule has 0 fully saturated rings. The van der Waals surface area contributed by atoms with Crippen molar-refractivity contribution < 1.29 is 14.3 Å². The smallest absolute Gasteiger partial charge is 0.303 e. The number of aliphatic carboxylic acids is 1. The van der Waals surface area contributed by atoms with E-state index in [9.17, 15) is 4.79 Å². The standard InChI is InChI=1S/C16H21NO3/c1-3-17(10-6-9-16(18)19)12(2)15-11-13-7-4-5-8-14(13)20-15/h4-5,7-8,11-12H,3,6,9-10H2,1-2H3,(H,18,19). The Labute approximate surface area is 119 Å². The molecule has 1 heterocycles. The van der Waals surface area contributed by atoms with Gasteiger partial charge in [0.25, 0.3) is 0 Å². The number of para-hydroxylation sites is 1. The third-order valence-corrected chi connectivity index (χ3v) is 3.65. The number of benzene rings is 1. The first-order valence-electron chi connectivity index (χ1n) is 7.06. The van der Waals surface area contributed by atoms with Gasteiger partial charge in [-0.3, -0.25) is 9.69 Å². The van der Waals surface area contributed by atoms with Crippen LogP contribution >= 0.6 is 0 Å². The average molecular weight is 275 g/mol. The molecule has 1 atom stereocenters. The predicted molar refractivity (Wildman–Crippen MR) is 78.7 cm³/mol. The summed E-state index contributed by atoms with van der Waals surface area (Å²) in [6, 6.07) is 10.2. The Hall–Kier alpha value is -1.81. The van der Waals surface area contributed by atoms with Crippen LogP contribution in [0.1, 0.15) is 38.5 Å². The molecule has 0 saturated carbocycles. The molecule has 20 heavy (non-hydrogen) atoms. The van der Waals surface area contributed by atoms with E-state index in [2.05, 4.69) is 24.8 Å². The van der Waals surface area contributed by atoms with Gasteiger partial charge >= 0.3 is 5.97 Å². The van der Waals surface area contributed by atoms with Gasteiger partial charge < -0.3 is 9.52 Å². The first kappa shape index (κ1) is 14.6. The van der Waals surface area contributed by atoms with Crippen LogP contribution in [0, 0.1) is 0 Å². The number of carbonyl (C=O) groups is 1. The van der Waals surface area contributed by atoms with E-state index in [0.29, 0.717) is 6.42 Å². The van der Waals surface area contributed by atoms with E-state index in [1.807, 2.05) is 24.3 Å². The van der Waals surface area contributed by atoms with Gasteiger partial charge in [-0.05, 0) is 38.6 Å². The van der Waals surface area contributed by atoms with E-state index in [-0.39, 0.29) is 12.5 Å². The van der Waals surface area contributed by atoms with Crippen molar-refractivity contribution in [3.8, 4) is 0 Å². The number of rotatable bonds is 7. The van der Waals surface area contributed by atoms with Gasteiger partial charge in [0.1, 0.15) is 11.3 Å². The molecule has 0 spiro atoms. The number of fused-ring (bicyclic) bond motifs is 1. The van der Waals surface area contributed by atoms with Crippen LogP contribution in [-0.2, 0) is 4.79 Å². The van der Waals surface area contributed by atoms with Crippen LogP contribution in [0.5, 0.6) is 0 Å². The summed E-state index contributed by atoms with van der Waals surface area (Å²) in [6.07, 6.45) is 0.872. The zero-order valence-corrected chi connectivity index (χ0v) is 12.0. The molecule has 4 heteroatoms. The predicted octanol–water partition coefficient (Wildman–Crippen LogP) is 3.68. The Morgan fingerprint density at radius 1 is 1.40 bits per heavy atom. The van der Waals surface area contributed by atoms with Crippen LogP contribution in [-0.4, -0.2) is 29.1 Å². The van der Waals surface area contributed by atoms with E-state index < -0.39 is 5.97 Å². The van der Waals surface area contributed by atoms with Gasteiger partial charge in [0, 0.05) is 11.8 Å². The van der Waals surface area contributed by atoms with Crippen molar-refractivity contribution in [1.29, 1.82) is 0 Å². The highest BCUT2D eigenvalue weighted by Gasteiger charge is 2.18. The maximum Gasteiger partial charge on any atom is 0.303 e. The third-order valence-electron chi connectivity index (χ3n) is 3.65. The molecule has 1 N–H and O–H groups in total. The topological polar surface area (TPSA) is 53.7 Å². The minimum Gasteiger partial charge on any atom is -0.481 e. The fourth-order valence-electron chi connectivity index (χ4n) is 2.45. The SMILES string of the molecule is CCN(CCCC(=O)O)C(C)c1cc2ccccc2o1. The second-order valence-electron chi connectivity index (χ2n) is 4.99. The highest BCUT2D eigenvalue weighted by atomic mass is 16.4. The molecule has 0 amide bonds. The van der Waals surface area contributed by atoms with Crippen LogP contribution in [0.4, 0.5) is 0 Å². The molecular weight excluding hydrogens is 254 g/mol. The molecule has 0 aliphatic heterocycles. The molecular formula is C16H21NO3. The van der Waals surface area contributed by atoms with E-state index in [1.165, 1.54) is 0 Å². The molecule has 1 aromatic heterocycles. The Balaban J connectivity index is 2.06. The maximum atomic E-state index is 10.6. The minimum atomic E-state index is -0.738. The van der Waals surface area contributed by atoms with Gasteiger partial charge in [-0.1, -0.05) is 25.1 Å². The summed E-state index contributed by atoms with van der Waals surface area (Å²) in [4.78, 5) is 12.8. The Morgan fingerprint density at radius 2 is 2.15 bits per heavy atom. The maximum absolute atomic E-state index is 10.6. The van der Waals surface area contributed by atoms with Crippen molar-refractivity contribution in [1.82, 2.24) is 4.90 Å². The van der Waals surface area contributed by atoms with Crippen molar-refractivity contribution >= 4 is 16.9 Å². The number of furan rings is 1. The summed E-state index contributed by atoms with van der Waals surface area (Å²) in [6.45, 7) is 5.82. The van der Waals surface area contributed by atoms with Gasteiger partial charge in [0.2, 0.25) is 0 Å². The molecule has 1 aromatic carbocycles. The lowest BCUT2D eigenvalue weighted by Crippen LogP contribution is -2.28. The third kappa shape index (κ3) is 3.39. The Morgan fingerprint density at radius 3 is 2.80 bits per heavy atom. The average Bonchev–Trinajstić information content (AvgIpc) is 2.86. The second-order valence-corrected chi connectivity index (χ2v) is 4.99. The normalized spacial score (nSPS) is 12.9. The number of hydrogen-bond donors (Lipinski definition) is 1. The first-order chi connectivity index (χ1) is 9.61. The van der Waals surface area contributed by atoms with Crippen LogP contribution in [0.3, 0.4) is 0 Å². The highest BCUT2D eigenvalue weighted by Crippen LogP contribution is 2.27. The van der Waals surface area contributed by atoms with Gasteiger partial charge in [0.05, 0.1) is 6.04 Å². The number of carboxylic acid groups (broad SMARTS) is 1. The fraction of sp³-hybridized carbons (Fsp3) is 0.438. The lowest BCUT2D eigenvalue weighted by molar-refractivity contribution is -0.137. The fourth-order valence-corrected chi connectivity index (χ4v) is 2.45. The number of nitrogens with zero attached hydrogens (tertiary/aromatic N) is 1. The lowest BCUT2D eigenvalue weighted by Gasteiger charge is -2.25. The van der Waals surface area contributed by atoms with Gasteiger partial charge in [-0.25, -0.2) is 0 Å². The van der Waals surface area contributed by atoms with Crippen molar-refractivity contribution in [2.75, 3.05) is 13.1 Å². The van der Waals surface area contributed by atoms with E-state index in [4.69, 9.17) is 9.52 Å². The molecule has 1 unspecified atom stereocenters. The molecule has 0 radical (unpaired) electrons. The van der Waals surface area contributed by atoms with Crippen molar-refractivity contribution in [2.24, 2.45) is 0 Å². The molecule has 4 nitrogen and oxygen atoms in total. The summed E-state index contributed by atoms with van der Waals surface area (Å²) < 4.78 is 5.88. The summed E-state index contributed by atoms with van der Waals surface area (Å²) in [5.74, 6) is 0.195. The number of hydrogen-bond acceptors (Lipinski definition) is 3. The van der Waals surface area contributed by atoms with Gasteiger partial charge in [-0.2, -0.15) is 0 Å². The van der Waals surface area contributed by atoms with Crippen LogP contribution < -0.4 is 0 Å². The summed E-state index contributed by atoms with van der Waals surface area (Å²) in [5, 5.41) is 9.82. The lowest BCUT2D eigenvalue weighted by atomic mass is 10.1. The Kier molecular flexibility index (Phi) is 4.79. The van der Waals surface area contributed by atoms with Crippen LogP contribution in [0.25, 0.3) is 11.0 Å². The largest absolute Gasteiger partial charge is 0.481 e. The van der Waals surface area contributed by atoms with E-state index in [1.54, 1.807) is 0 Å². The van der Waals surface area contributed by atoms with E-state index in [0.717, 1.165) is 29.8 Å². The summed E-state index contributed by atoms with van der Waals surface area (Å²) >= 11 is 0. The molecule has 0 bridgehead atoms. The zero-order chi connectivity index (χ0) is 14.5. The van der Waals surface area contributed by atoms with Crippen molar-refractivity contribution in [3.05, 3.63) is 36.1 Å². The van der Waals surface area contributed by atoms with E-state index >= 15 is 0 Å². The number of carboxylic acids is 1. The Bertz CT molecular complexity index is 543. The molecule has 2 aromatic rings. The minimum absolute atomic E-state index is 0.154. The molecule has 0 aliphatic rings. The van der Waals surface area contributed by atoms with Crippen molar-refractivity contribution in [3.63, 3.8) is 0 Å². The monoisotopic (exact) mass is 275 g/mol. The van der Waals surface area contributed by atoms with Crippen LogP contribution in [0.2, 0.25) is 0 Å².